The Balaban J connectivity index is 1.37. The number of fused-ring (bicyclic) bond motifs is 3. The van der Waals surface area contributed by atoms with Gasteiger partial charge >= 0.3 is 6.09 Å². The topological polar surface area (TPSA) is 192 Å². The van der Waals surface area contributed by atoms with E-state index >= 15 is 0 Å². The van der Waals surface area contributed by atoms with Crippen molar-refractivity contribution < 1.29 is 46.5 Å². The Kier molecular flexibility index (Phi) is 11.7. The first-order valence-corrected chi connectivity index (χ1v) is 20.5. The predicted octanol–water partition coefficient (Wildman–Crippen LogP) is 3.61. The molecule has 2 aliphatic heterocycles. The quantitative estimate of drug-likeness (QED) is 0.315. The summed E-state index contributed by atoms with van der Waals surface area (Å²) in [6.45, 7) is 7.31. The minimum atomic E-state index is -3.91. The number of aromatic nitrogens is 1. The van der Waals surface area contributed by atoms with Gasteiger partial charge in [0, 0.05) is 36.9 Å². The van der Waals surface area contributed by atoms with Gasteiger partial charge in [-0.25, -0.2) is 18.2 Å². The molecule has 2 aliphatic carbocycles. The molecule has 0 radical (unpaired) electrons. The van der Waals surface area contributed by atoms with Gasteiger partial charge in [0.25, 0.3) is 5.91 Å². The zero-order valence-corrected chi connectivity index (χ0v) is 33.1. The van der Waals surface area contributed by atoms with E-state index in [0.29, 0.717) is 42.7 Å². The van der Waals surface area contributed by atoms with Crippen molar-refractivity contribution in [3.8, 4) is 11.6 Å². The number of alkyl carbamates (subject to hydrolysis) is 1. The Morgan fingerprint density at radius 2 is 1.85 bits per heavy atom. The van der Waals surface area contributed by atoms with Crippen LogP contribution in [0.2, 0.25) is 0 Å². The Morgan fingerprint density at radius 1 is 1.09 bits per heavy atom. The van der Waals surface area contributed by atoms with Gasteiger partial charge in [-0.1, -0.05) is 19.1 Å². The van der Waals surface area contributed by atoms with E-state index in [9.17, 15) is 27.6 Å². The molecular formula is C39H53N5O10S. The summed E-state index contributed by atoms with van der Waals surface area (Å²) < 4.78 is 51.0. The van der Waals surface area contributed by atoms with Crippen molar-refractivity contribution in [3.63, 3.8) is 0 Å². The molecular weight excluding hydrogens is 731 g/mol. The Hall–Kier alpha value is -4.44. The smallest absolute Gasteiger partial charge is 0.408 e. The van der Waals surface area contributed by atoms with E-state index in [1.165, 1.54) is 12.0 Å². The summed E-state index contributed by atoms with van der Waals surface area (Å²) in [5.41, 5.74) is -2.38. The normalized spacial score (nSPS) is 29.5. The van der Waals surface area contributed by atoms with Crippen LogP contribution >= 0.6 is 0 Å². The Bertz CT molecular complexity index is 1930. The van der Waals surface area contributed by atoms with Crippen molar-refractivity contribution in [2.24, 2.45) is 17.8 Å². The van der Waals surface area contributed by atoms with E-state index in [-0.39, 0.29) is 31.9 Å². The molecule has 55 heavy (non-hydrogen) atoms. The number of amides is 4. The van der Waals surface area contributed by atoms with Gasteiger partial charge in [-0.15, -0.1) is 0 Å². The standard InChI is InChI=1S/C39H53N5O10S/c1-23-9-7-8-10-26-20-39(26,36(47)43-55(49,50)29-12-13-29)42-33(45)31-19-28(53-34-30-14-11-27(52-6)18-24(30)15-16-40-34)21-44(31)35(46)32(25(17-23)22-51-5)41-37(48)54-38(2,3)4/h8,10-11,14-16,18,23,25-26,28-29,31-32H,7,9,12-13,17,19-22H2,1-6H3,(H,41,48)(H,42,45)(H,43,47)/b10-8-/t23-,25+,26+,28-,31+,32+,39+/m1/s1. The highest BCUT2D eigenvalue weighted by atomic mass is 32.2. The minimum absolute atomic E-state index is 0.0227. The number of carbonyl (C=O) groups excluding carboxylic acids is 4. The van der Waals surface area contributed by atoms with E-state index in [1.807, 2.05) is 30.4 Å². The summed E-state index contributed by atoms with van der Waals surface area (Å²) in [5.74, 6) is -1.91. The van der Waals surface area contributed by atoms with Crippen LogP contribution in [-0.4, -0.2) is 104 Å². The molecule has 6 rings (SSSR count). The number of rotatable bonds is 9. The van der Waals surface area contributed by atoms with Gasteiger partial charge < -0.3 is 34.5 Å². The number of hydrogen-bond acceptors (Lipinski definition) is 11. The van der Waals surface area contributed by atoms with Crippen molar-refractivity contribution in [3.05, 3.63) is 42.6 Å². The van der Waals surface area contributed by atoms with Crippen molar-refractivity contribution in [2.45, 2.75) is 107 Å². The molecule has 3 N–H and O–H groups in total. The van der Waals surface area contributed by atoms with E-state index in [4.69, 9.17) is 18.9 Å². The van der Waals surface area contributed by atoms with E-state index in [2.05, 4.69) is 27.3 Å². The number of sulfonamides is 1. The van der Waals surface area contributed by atoms with Crippen LogP contribution in [0.4, 0.5) is 4.79 Å². The van der Waals surface area contributed by atoms with Crippen molar-refractivity contribution in [2.75, 3.05) is 27.4 Å². The average Bonchev–Trinajstić information content (AvgIpc) is 4.04. The molecule has 1 aromatic carbocycles. The molecule has 16 heteroatoms. The summed E-state index contributed by atoms with van der Waals surface area (Å²) >= 11 is 0. The highest BCUT2D eigenvalue weighted by Gasteiger charge is 2.62. The van der Waals surface area contributed by atoms with E-state index < -0.39 is 80.3 Å². The first kappa shape index (κ1) is 40.2. The van der Waals surface area contributed by atoms with Crippen LogP contribution in [0, 0.1) is 17.8 Å². The summed E-state index contributed by atoms with van der Waals surface area (Å²) in [6, 6.07) is 4.96. The number of carbonyl (C=O) groups is 4. The second-order valence-electron chi connectivity index (χ2n) is 16.3. The van der Waals surface area contributed by atoms with Gasteiger partial charge in [0.15, 0.2) is 0 Å². The number of ether oxygens (including phenoxy) is 4. The third kappa shape index (κ3) is 9.34. The zero-order valence-electron chi connectivity index (χ0n) is 32.3. The number of methoxy groups -OCH3 is 2. The molecule has 1 aromatic heterocycles. The maximum Gasteiger partial charge on any atom is 0.408 e. The summed E-state index contributed by atoms with van der Waals surface area (Å²) in [5, 5.41) is 6.57. The number of hydrogen-bond donors (Lipinski definition) is 3. The first-order valence-electron chi connectivity index (χ1n) is 19.0. The molecule has 0 spiro atoms. The maximum atomic E-state index is 14.9. The molecule has 2 aromatic rings. The van der Waals surface area contributed by atoms with Crippen LogP contribution in [0.5, 0.6) is 11.6 Å². The maximum absolute atomic E-state index is 14.9. The Labute approximate surface area is 322 Å². The van der Waals surface area contributed by atoms with Crippen LogP contribution in [0.25, 0.3) is 10.8 Å². The number of pyridine rings is 1. The average molecular weight is 784 g/mol. The lowest BCUT2D eigenvalue weighted by atomic mass is 9.87. The van der Waals surface area contributed by atoms with Crippen molar-refractivity contribution in [1.29, 1.82) is 0 Å². The highest BCUT2D eigenvalue weighted by Crippen LogP contribution is 2.46. The number of nitrogens with one attached hydrogen (secondary N) is 3. The molecule has 300 valence electrons. The lowest BCUT2D eigenvalue weighted by Gasteiger charge is -2.34. The fourth-order valence-corrected chi connectivity index (χ4v) is 9.00. The number of nitrogens with zero attached hydrogens (tertiary/aromatic N) is 2. The second-order valence-corrected chi connectivity index (χ2v) is 18.3. The molecule has 1 saturated heterocycles. The van der Waals surface area contributed by atoms with Gasteiger partial charge in [-0.2, -0.15) is 0 Å². The summed E-state index contributed by atoms with van der Waals surface area (Å²) in [6.07, 6.45) is 6.91. The largest absolute Gasteiger partial charge is 0.497 e. The summed E-state index contributed by atoms with van der Waals surface area (Å²) in [7, 11) is -0.810. The zero-order chi connectivity index (χ0) is 39.7. The molecule has 4 amide bonds. The summed E-state index contributed by atoms with van der Waals surface area (Å²) in [4.78, 5) is 62.4. The van der Waals surface area contributed by atoms with Crippen LogP contribution in [0.15, 0.2) is 42.6 Å². The Morgan fingerprint density at radius 3 is 2.55 bits per heavy atom. The van der Waals surface area contributed by atoms with Gasteiger partial charge in [0.05, 0.1) is 25.5 Å². The van der Waals surface area contributed by atoms with E-state index in [1.54, 1.807) is 40.1 Å². The lowest BCUT2D eigenvalue weighted by Crippen LogP contribution is -2.59. The van der Waals surface area contributed by atoms with Gasteiger partial charge in [0.2, 0.25) is 27.7 Å². The second kappa shape index (κ2) is 16.0. The van der Waals surface area contributed by atoms with E-state index in [0.717, 1.165) is 11.8 Å². The molecule has 4 aliphatic rings. The monoisotopic (exact) mass is 783 g/mol. The lowest BCUT2D eigenvalue weighted by molar-refractivity contribution is -0.142. The van der Waals surface area contributed by atoms with Crippen LogP contribution in [0.1, 0.15) is 72.6 Å². The molecule has 3 fully saturated rings. The number of benzene rings is 1. The minimum Gasteiger partial charge on any atom is -0.497 e. The van der Waals surface area contributed by atoms with Crippen molar-refractivity contribution >= 4 is 44.6 Å². The molecule has 0 bridgehead atoms. The molecule has 15 nitrogen and oxygen atoms in total. The fourth-order valence-electron chi connectivity index (χ4n) is 7.63. The third-order valence-electron chi connectivity index (χ3n) is 10.7. The SMILES string of the molecule is COC[C@@H]1C[C@H](C)CC/C=C\[C@H]2C[C@]2(C(=O)NS(=O)(=O)C2CC2)NC(=O)[C@@H]2C[C@@H](Oc3nccc4cc(OC)ccc34)CN2C(=O)[C@H]1NC(=O)OC(C)(C)C. The fraction of sp³-hybridized carbons (Fsp3) is 0.615. The van der Waals surface area contributed by atoms with Crippen LogP contribution < -0.4 is 24.8 Å². The molecule has 0 unspecified atom stereocenters. The van der Waals surface area contributed by atoms with Gasteiger partial charge in [-0.3, -0.25) is 19.1 Å². The van der Waals surface area contributed by atoms with Crippen LogP contribution in [-0.2, 0) is 33.9 Å². The molecule has 2 saturated carbocycles. The predicted molar refractivity (Wildman–Crippen MR) is 203 cm³/mol. The van der Waals surface area contributed by atoms with Crippen molar-refractivity contribution in [1.82, 2.24) is 25.2 Å². The van der Waals surface area contributed by atoms with Gasteiger partial charge in [0.1, 0.15) is 35.1 Å². The number of allylic oxidation sites excluding steroid dienone is 1. The molecule has 3 heterocycles. The first-order chi connectivity index (χ1) is 26.0. The molecule has 7 atom stereocenters. The third-order valence-corrected chi connectivity index (χ3v) is 12.5. The highest BCUT2D eigenvalue weighted by molar-refractivity contribution is 7.91. The van der Waals surface area contributed by atoms with Crippen LogP contribution in [0.3, 0.4) is 0 Å². The van der Waals surface area contributed by atoms with Gasteiger partial charge in [-0.05, 0) is 94.9 Å².